The summed E-state index contributed by atoms with van der Waals surface area (Å²) in [6, 6.07) is 3.80. The molecule has 7 heteroatoms. The molecule has 0 aliphatic rings. The molecule has 18 heavy (non-hydrogen) atoms. The molecule has 102 valence electrons. The van der Waals surface area contributed by atoms with Gasteiger partial charge in [0.2, 0.25) is 10.0 Å². The molecule has 0 unspecified atom stereocenters. The van der Waals surface area contributed by atoms with Crippen LogP contribution in [0.25, 0.3) is 0 Å². The number of rotatable bonds is 6. The van der Waals surface area contributed by atoms with Gasteiger partial charge in [-0.05, 0) is 53.5 Å². The van der Waals surface area contributed by atoms with Crippen LogP contribution in [0.3, 0.4) is 0 Å². The Morgan fingerprint density at radius 3 is 2.61 bits per heavy atom. The van der Waals surface area contributed by atoms with E-state index in [1.165, 1.54) is 0 Å². The lowest BCUT2D eigenvalue weighted by molar-refractivity contribution is 0.132. The zero-order valence-corrected chi connectivity index (χ0v) is 14.3. The number of sulfonamides is 1. The highest BCUT2D eigenvalue weighted by Gasteiger charge is 2.11. The summed E-state index contributed by atoms with van der Waals surface area (Å²) in [4.78, 5) is 1.02. The van der Waals surface area contributed by atoms with E-state index in [-0.39, 0.29) is 0 Å². The van der Waals surface area contributed by atoms with Crippen LogP contribution in [0.5, 0.6) is 0 Å². The standard InChI is InChI=1S/C11H16INO3S2/c1-4-16-7-8-5-9(12)10(6-11(8)17-2)13-18(3,14)15/h5-6,13H,4,7H2,1-3H3. The van der Waals surface area contributed by atoms with Gasteiger partial charge in [-0.3, -0.25) is 4.72 Å². The fourth-order valence-electron chi connectivity index (χ4n) is 1.39. The zero-order valence-electron chi connectivity index (χ0n) is 10.5. The largest absolute Gasteiger partial charge is 0.377 e. The van der Waals surface area contributed by atoms with E-state index in [1.54, 1.807) is 11.8 Å². The predicted molar refractivity (Wildman–Crippen MR) is 84.7 cm³/mol. The second-order valence-corrected chi connectivity index (χ2v) is 7.41. The third-order valence-corrected chi connectivity index (χ3v) is 4.43. The van der Waals surface area contributed by atoms with Gasteiger partial charge in [0.25, 0.3) is 0 Å². The first kappa shape index (κ1) is 16.1. The van der Waals surface area contributed by atoms with E-state index in [1.807, 2.05) is 25.3 Å². The number of nitrogens with one attached hydrogen (secondary N) is 1. The maximum absolute atomic E-state index is 11.3. The predicted octanol–water partition coefficient (Wildman–Crippen LogP) is 2.92. The Kier molecular flexibility index (Phi) is 6.22. The summed E-state index contributed by atoms with van der Waals surface area (Å²) in [6.07, 6.45) is 3.11. The quantitative estimate of drug-likeness (QED) is 0.589. The number of hydrogen-bond donors (Lipinski definition) is 1. The molecule has 1 aromatic rings. The van der Waals surface area contributed by atoms with Crippen molar-refractivity contribution in [1.82, 2.24) is 0 Å². The molecule has 4 nitrogen and oxygen atoms in total. The number of benzene rings is 1. The minimum atomic E-state index is -3.25. The molecule has 0 radical (unpaired) electrons. The molecule has 0 aliphatic heterocycles. The van der Waals surface area contributed by atoms with Gasteiger partial charge in [0.1, 0.15) is 0 Å². The van der Waals surface area contributed by atoms with Gasteiger partial charge in [-0.1, -0.05) is 0 Å². The van der Waals surface area contributed by atoms with Crippen LogP contribution in [0.4, 0.5) is 5.69 Å². The van der Waals surface area contributed by atoms with Crippen LogP contribution < -0.4 is 4.72 Å². The Labute approximate surface area is 126 Å². The monoisotopic (exact) mass is 401 g/mol. The molecular weight excluding hydrogens is 385 g/mol. The Hall–Kier alpha value is 0.01000. The van der Waals surface area contributed by atoms with E-state index in [0.717, 1.165) is 20.3 Å². The lowest BCUT2D eigenvalue weighted by Gasteiger charge is -2.13. The van der Waals surface area contributed by atoms with Crippen molar-refractivity contribution < 1.29 is 13.2 Å². The van der Waals surface area contributed by atoms with Gasteiger partial charge in [-0.25, -0.2) is 8.42 Å². The maximum atomic E-state index is 11.3. The van der Waals surface area contributed by atoms with Crippen molar-refractivity contribution in [2.75, 3.05) is 23.8 Å². The fourth-order valence-corrected chi connectivity index (χ4v) is 3.42. The summed E-state index contributed by atoms with van der Waals surface area (Å²) in [5.41, 5.74) is 1.69. The van der Waals surface area contributed by atoms with Crippen molar-refractivity contribution in [3.05, 3.63) is 21.3 Å². The summed E-state index contributed by atoms with van der Waals surface area (Å²) < 4.78 is 31.3. The lowest BCUT2D eigenvalue weighted by atomic mass is 10.2. The third-order valence-electron chi connectivity index (χ3n) is 2.13. The molecule has 0 aromatic heterocycles. The Morgan fingerprint density at radius 2 is 2.11 bits per heavy atom. The smallest absolute Gasteiger partial charge is 0.229 e. The molecule has 0 saturated heterocycles. The van der Waals surface area contributed by atoms with Gasteiger partial charge in [0, 0.05) is 15.1 Å². The molecular formula is C11H16INO3S2. The number of halogens is 1. The van der Waals surface area contributed by atoms with Crippen molar-refractivity contribution in [3.8, 4) is 0 Å². The molecule has 0 atom stereocenters. The first-order valence-corrected chi connectivity index (χ1v) is 9.48. The second kappa shape index (κ2) is 6.97. The van der Waals surface area contributed by atoms with Gasteiger partial charge in [-0.15, -0.1) is 11.8 Å². The summed E-state index contributed by atoms with van der Waals surface area (Å²) in [7, 11) is -3.25. The van der Waals surface area contributed by atoms with Gasteiger partial charge in [0.15, 0.2) is 0 Å². The van der Waals surface area contributed by atoms with Crippen molar-refractivity contribution in [1.29, 1.82) is 0 Å². The van der Waals surface area contributed by atoms with Crippen molar-refractivity contribution in [2.45, 2.75) is 18.4 Å². The Bertz CT molecular complexity index is 517. The zero-order chi connectivity index (χ0) is 13.8. The topological polar surface area (TPSA) is 55.4 Å². The molecule has 1 rings (SSSR count). The minimum Gasteiger partial charge on any atom is -0.377 e. The molecule has 0 saturated carbocycles. The molecule has 0 amide bonds. The van der Waals surface area contributed by atoms with Gasteiger partial charge in [-0.2, -0.15) is 0 Å². The molecule has 0 heterocycles. The van der Waals surface area contributed by atoms with Crippen molar-refractivity contribution in [2.24, 2.45) is 0 Å². The van der Waals surface area contributed by atoms with E-state index in [9.17, 15) is 8.42 Å². The lowest BCUT2D eigenvalue weighted by Crippen LogP contribution is -2.11. The third kappa shape index (κ3) is 4.94. The molecule has 1 aromatic carbocycles. The average molecular weight is 401 g/mol. The van der Waals surface area contributed by atoms with E-state index >= 15 is 0 Å². The highest BCUT2D eigenvalue weighted by Crippen LogP contribution is 2.30. The van der Waals surface area contributed by atoms with Gasteiger partial charge >= 0.3 is 0 Å². The Morgan fingerprint density at radius 1 is 1.44 bits per heavy atom. The number of ether oxygens (including phenoxy) is 1. The van der Waals surface area contributed by atoms with Crippen molar-refractivity contribution >= 4 is 50.1 Å². The van der Waals surface area contributed by atoms with E-state index < -0.39 is 10.0 Å². The SMILES string of the molecule is CCOCc1cc(I)c(NS(C)(=O)=O)cc1SC. The summed E-state index contributed by atoms with van der Waals surface area (Å²) >= 11 is 3.70. The van der Waals surface area contributed by atoms with E-state index in [2.05, 4.69) is 27.3 Å². The van der Waals surface area contributed by atoms with Crippen LogP contribution in [0.1, 0.15) is 12.5 Å². The number of thioether (sulfide) groups is 1. The first-order chi connectivity index (χ1) is 8.37. The van der Waals surface area contributed by atoms with Gasteiger partial charge < -0.3 is 4.74 Å². The second-order valence-electron chi connectivity index (χ2n) is 3.66. The minimum absolute atomic E-state index is 0.543. The van der Waals surface area contributed by atoms with Crippen LogP contribution >= 0.6 is 34.4 Å². The van der Waals surface area contributed by atoms with Crippen LogP contribution in [0, 0.1) is 3.57 Å². The van der Waals surface area contributed by atoms with E-state index in [0.29, 0.717) is 18.9 Å². The van der Waals surface area contributed by atoms with Crippen LogP contribution in [0.15, 0.2) is 17.0 Å². The van der Waals surface area contributed by atoms with Crippen molar-refractivity contribution in [3.63, 3.8) is 0 Å². The maximum Gasteiger partial charge on any atom is 0.229 e. The first-order valence-electron chi connectivity index (χ1n) is 5.29. The highest BCUT2D eigenvalue weighted by molar-refractivity contribution is 14.1. The molecule has 1 N–H and O–H groups in total. The summed E-state index contributed by atoms with van der Waals surface area (Å²) in [5.74, 6) is 0. The van der Waals surface area contributed by atoms with Crippen LogP contribution in [0.2, 0.25) is 0 Å². The molecule has 0 aliphatic carbocycles. The van der Waals surface area contributed by atoms with Crippen LogP contribution in [-0.2, 0) is 21.4 Å². The summed E-state index contributed by atoms with van der Waals surface area (Å²) in [5, 5.41) is 0. The molecule has 0 bridgehead atoms. The van der Waals surface area contributed by atoms with E-state index in [4.69, 9.17) is 4.74 Å². The van der Waals surface area contributed by atoms with Gasteiger partial charge in [0.05, 0.1) is 18.6 Å². The fraction of sp³-hybridized carbons (Fsp3) is 0.455. The van der Waals surface area contributed by atoms with Crippen LogP contribution in [-0.4, -0.2) is 27.5 Å². The molecule has 0 spiro atoms. The normalized spacial score (nSPS) is 11.6. The number of hydrogen-bond acceptors (Lipinski definition) is 4. The molecule has 0 fully saturated rings. The average Bonchev–Trinajstić information content (AvgIpc) is 2.27. The number of anilines is 1. The highest BCUT2D eigenvalue weighted by atomic mass is 127. The summed E-state index contributed by atoms with van der Waals surface area (Å²) in [6.45, 7) is 3.15. The Balaban J connectivity index is 3.09.